The number of likely N-dealkylation sites (N-methyl/N-ethyl adjacent to an activating group) is 1. The SMILES string of the molecule is Cc1c(Cl)ccc2sc(N(CCN(C)C)C(=O)C3CCCCN3S(=O)(=O)c3ccc(Cl)s3)nc12. The Kier molecular flexibility index (Phi) is 7.88. The molecule has 1 atom stereocenters. The number of carbonyl (C=O) groups is 1. The van der Waals surface area contributed by atoms with Gasteiger partial charge in [0.25, 0.3) is 10.0 Å². The highest BCUT2D eigenvalue weighted by Crippen LogP contribution is 2.36. The first kappa shape index (κ1) is 25.8. The van der Waals surface area contributed by atoms with Crippen LogP contribution in [0.15, 0.2) is 28.5 Å². The number of thiazole rings is 1. The second kappa shape index (κ2) is 10.4. The van der Waals surface area contributed by atoms with Crippen molar-refractivity contribution in [1.82, 2.24) is 14.2 Å². The van der Waals surface area contributed by atoms with Gasteiger partial charge in [0.05, 0.1) is 14.6 Å². The number of rotatable bonds is 7. The van der Waals surface area contributed by atoms with E-state index in [0.717, 1.165) is 33.5 Å². The van der Waals surface area contributed by atoms with Crippen molar-refractivity contribution in [3.05, 3.63) is 39.2 Å². The van der Waals surface area contributed by atoms with E-state index in [9.17, 15) is 13.2 Å². The Labute approximate surface area is 217 Å². The summed E-state index contributed by atoms with van der Waals surface area (Å²) in [6.07, 6.45) is 1.95. The Morgan fingerprint density at radius 2 is 1.91 bits per heavy atom. The standard InChI is InChI=1S/C22H26Cl2N4O3S3/c1-14-15(23)7-8-17-20(14)25-22(32-17)27(13-12-26(2)3)21(29)16-6-4-5-11-28(16)34(30,31)19-10-9-18(24)33-19/h7-10,16H,4-6,11-13H2,1-3H3. The third-order valence-electron chi connectivity index (χ3n) is 5.85. The molecule has 1 fully saturated rings. The maximum Gasteiger partial charge on any atom is 0.253 e. The Morgan fingerprint density at radius 1 is 1.15 bits per heavy atom. The van der Waals surface area contributed by atoms with Crippen LogP contribution in [-0.2, 0) is 14.8 Å². The summed E-state index contributed by atoms with van der Waals surface area (Å²) in [6.45, 7) is 3.21. The number of fused-ring (bicyclic) bond motifs is 1. The second-order valence-electron chi connectivity index (χ2n) is 8.49. The number of carbonyl (C=O) groups excluding carboxylic acids is 1. The molecule has 12 heteroatoms. The summed E-state index contributed by atoms with van der Waals surface area (Å²) in [5.41, 5.74) is 1.62. The fraction of sp³-hybridized carbons (Fsp3) is 0.455. The molecule has 0 saturated carbocycles. The maximum atomic E-state index is 14.0. The molecule has 3 heterocycles. The number of aryl methyl sites for hydroxylation is 1. The normalized spacial score (nSPS) is 17.5. The highest BCUT2D eigenvalue weighted by molar-refractivity contribution is 7.91. The predicted octanol–water partition coefficient (Wildman–Crippen LogP) is 5.11. The zero-order chi connectivity index (χ0) is 24.6. The average Bonchev–Trinajstić information content (AvgIpc) is 3.43. The molecule has 0 spiro atoms. The van der Waals surface area contributed by atoms with E-state index in [1.54, 1.807) is 11.0 Å². The van der Waals surface area contributed by atoms with E-state index in [-0.39, 0.29) is 10.1 Å². The minimum absolute atomic E-state index is 0.155. The van der Waals surface area contributed by atoms with Crippen LogP contribution in [0.4, 0.5) is 5.13 Å². The molecule has 4 rings (SSSR count). The van der Waals surface area contributed by atoms with Gasteiger partial charge in [-0.15, -0.1) is 11.3 Å². The summed E-state index contributed by atoms with van der Waals surface area (Å²) in [6, 6.07) is 6.01. The Balaban J connectivity index is 1.72. The Morgan fingerprint density at radius 3 is 2.59 bits per heavy atom. The van der Waals surface area contributed by atoms with Crippen LogP contribution in [0, 0.1) is 6.92 Å². The number of aromatic nitrogens is 1. The summed E-state index contributed by atoms with van der Waals surface area (Å²) >= 11 is 14.7. The van der Waals surface area contributed by atoms with Gasteiger partial charge in [0.1, 0.15) is 10.3 Å². The molecule has 1 amide bonds. The molecule has 2 aromatic heterocycles. The van der Waals surface area contributed by atoms with Gasteiger partial charge in [-0.3, -0.25) is 9.69 Å². The molecular formula is C22H26Cl2N4O3S3. The van der Waals surface area contributed by atoms with Crippen molar-refractivity contribution in [3.63, 3.8) is 0 Å². The molecule has 0 N–H and O–H groups in total. The van der Waals surface area contributed by atoms with E-state index < -0.39 is 16.1 Å². The number of nitrogens with zero attached hydrogens (tertiary/aromatic N) is 4. The number of hydrogen-bond acceptors (Lipinski definition) is 7. The fourth-order valence-electron chi connectivity index (χ4n) is 3.98. The van der Waals surface area contributed by atoms with Crippen molar-refractivity contribution in [2.24, 2.45) is 0 Å². The largest absolute Gasteiger partial charge is 0.308 e. The smallest absolute Gasteiger partial charge is 0.253 e. The molecule has 1 unspecified atom stereocenters. The molecule has 184 valence electrons. The average molecular weight is 562 g/mol. The van der Waals surface area contributed by atoms with Gasteiger partial charge in [-0.1, -0.05) is 41.0 Å². The summed E-state index contributed by atoms with van der Waals surface area (Å²) in [5, 5.41) is 1.17. The lowest BCUT2D eigenvalue weighted by Crippen LogP contribution is -2.53. The second-order valence-corrected chi connectivity index (χ2v) is 13.7. The molecular weight excluding hydrogens is 535 g/mol. The number of amides is 1. The lowest BCUT2D eigenvalue weighted by atomic mass is 10.0. The lowest BCUT2D eigenvalue weighted by Gasteiger charge is -2.36. The van der Waals surface area contributed by atoms with Crippen molar-refractivity contribution >= 4 is 77.2 Å². The summed E-state index contributed by atoms with van der Waals surface area (Å²) in [4.78, 5) is 22.3. The number of anilines is 1. The molecule has 34 heavy (non-hydrogen) atoms. The lowest BCUT2D eigenvalue weighted by molar-refractivity contribution is -0.123. The monoisotopic (exact) mass is 560 g/mol. The summed E-state index contributed by atoms with van der Waals surface area (Å²) in [7, 11) is 0.0224. The highest BCUT2D eigenvalue weighted by Gasteiger charge is 2.41. The first-order valence-corrected chi connectivity index (χ1v) is 14.7. The topological polar surface area (TPSA) is 73.8 Å². The van der Waals surface area contributed by atoms with Gasteiger partial charge < -0.3 is 4.90 Å². The Hall–Kier alpha value is -1.27. The predicted molar refractivity (Wildman–Crippen MR) is 141 cm³/mol. The van der Waals surface area contributed by atoms with Gasteiger partial charge in [0.2, 0.25) is 5.91 Å². The number of halogens is 2. The number of sulfonamides is 1. The molecule has 1 aromatic carbocycles. The van der Waals surface area contributed by atoms with Crippen molar-refractivity contribution in [2.45, 2.75) is 36.4 Å². The molecule has 1 saturated heterocycles. The number of piperidine rings is 1. The van der Waals surface area contributed by atoms with Crippen LogP contribution in [-0.4, -0.2) is 68.3 Å². The zero-order valence-electron chi connectivity index (χ0n) is 19.1. The first-order chi connectivity index (χ1) is 16.1. The summed E-state index contributed by atoms with van der Waals surface area (Å²) < 4.78 is 29.7. The van der Waals surface area contributed by atoms with E-state index in [1.165, 1.54) is 21.7 Å². The number of hydrogen-bond donors (Lipinski definition) is 0. The van der Waals surface area contributed by atoms with Crippen LogP contribution < -0.4 is 4.90 Å². The molecule has 1 aliphatic rings. The van der Waals surface area contributed by atoms with Gasteiger partial charge in [-0.25, -0.2) is 13.4 Å². The molecule has 1 aliphatic heterocycles. The van der Waals surface area contributed by atoms with Crippen LogP contribution in [0.1, 0.15) is 24.8 Å². The van der Waals surface area contributed by atoms with Gasteiger partial charge in [0, 0.05) is 24.7 Å². The zero-order valence-corrected chi connectivity index (χ0v) is 23.1. The van der Waals surface area contributed by atoms with Crippen LogP contribution in [0.25, 0.3) is 10.2 Å². The van der Waals surface area contributed by atoms with Crippen LogP contribution >= 0.6 is 45.9 Å². The van der Waals surface area contributed by atoms with Crippen molar-refractivity contribution in [2.75, 3.05) is 38.6 Å². The van der Waals surface area contributed by atoms with Gasteiger partial charge >= 0.3 is 0 Å². The highest BCUT2D eigenvalue weighted by atomic mass is 35.5. The number of benzene rings is 1. The minimum Gasteiger partial charge on any atom is -0.308 e. The minimum atomic E-state index is -3.84. The van der Waals surface area contributed by atoms with Crippen LogP contribution in [0.5, 0.6) is 0 Å². The Bertz CT molecular complexity index is 1310. The van der Waals surface area contributed by atoms with E-state index in [1.807, 2.05) is 38.1 Å². The van der Waals surface area contributed by atoms with Crippen LogP contribution in [0.2, 0.25) is 9.36 Å². The van der Waals surface area contributed by atoms with Gasteiger partial charge in [-0.05, 0) is 63.7 Å². The third-order valence-corrected chi connectivity index (χ3v) is 10.9. The van der Waals surface area contributed by atoms with Crippen molar-refractivity contribution < 1.29 is 13.2 Å². The third kappa shape index (κ3) is 5.13. The van der Waals surface area contributed by atoms with Gasteiger partial charge in [0.15, 0.2) is 5.13 Å². The van der Waals surface area contributed by atoms with Crippen molar-refractivity contribution in [3.8, 4) is 0 Å². The number of thiophene rings is 1. The molecule has 0 aliphatic carbocycles. The fourth-order valence-corrected chi connectivity index (χ4v) is 8.45. The van der Waals surface area contributed by atoms with Crippen LogP contribution in [0.3, 0.4) is 0 Å². The molecule has 0 radical (unpaired) electrons. The first-order valence-electron chi connectivity index (χ1n) is 10.9. The maximum absolute atomic E-state index is 14.0. The quantitative estimate of drug-likeness (QED) is 0.401. The van der Waals surface area contributed by atoms with Crippen molar-refractivity contribution in [1.29, 1.82) is 0 Å². The van der Waals surface area contributed by atoms with Gasteiger partial charge in [-0.2, -0.15) is 4.31 Å². The molecule has 7 nitrogen and oxygen atoms in total. The van der Waals surface area contributed by atoms with E-state index in [0.29, 0.717) is 47.0 Å². The molecule has 0 bridgehead atoms. The van der Waals surface area contributed by atoms with E-state index >= 15 is 0 Å². The van der Waals surface area contributed by atoms with E-state index in [4.69, 9.17) is 28.2 Å². The van der Waals surface area contributed by atoms with E-state index in [2.05, 4.69) is 0 Å². The summed E-state index contributed by atoms with van der Waals surface area (Å²) in [5.74, 6) is -0.254. The molecule has 3 aromatic rings.